The molecule has 2 heterocycles. The molecule has 2 aromatic rings. The fourth-order valence-corrected chi connectivity index (χ4v) is 3.39. The van der Waals surface area contributed by atoms with Gasteiger partial charge in [0.25, 0.3) is 0 Å². The lowest BCUT2D eigenvalue weighted by Crippen LogP contribution is -2.21. The van der Waals surface area contributed by atoms with Crippen LogP contribution in [0.3, 0.4) is 0 Å². The SMILES string of the molecule is Nc1nc(CSC[C@H]2CCCCO2)nc2ccccc12. The van der Waals surface area contributed by atoms with E-state index < -0.39 is 0 Å². The Hall–Kier alpha value is -1.33. The average Bonchev–Trinajstić information content (AvgIpc) is 2.48. The molecule has 0 radical (unpaired) electrons. The molecule has 2 N–H and O–H groups in total. The highest BCUT2D eigenvalue weighted by Gasteiger charge is 2.14. The molecule has 1 atom stereocenters. The highest BCUT2D eigenvalue weighted by molar-refractivity contribution is 7.98. The van der Waals surface area contributed by atoms with E-state index >= 15 is 0 Å². The Kier molecular flexibility index (Phi) is 4.38. The summed E-state index contributed by atoms with van der Waals surface area (Å²) in [5.41, 5.74) is 6.91. The smallest absolute Gasteiger partial charge is 0.141 e. The Bertz CT molecular complexity index is 584. The van der Waals surface area contributed by atoms with Crippen LogP contribution in [0.4, 0.5) is 5.82 Å². The Balaban J connectivity index is 1.62. The summed E-state index contributed by atoms with van der Waals surface area (Å²) in [5.74, 6) is 3.17. The van der Waals surface area contributed by atoms with Crippen molar-refractivity contribution >= 4 is 28.5 Å². The molecule has 1 saturated heterocycles. The molecule has 3 rings (SSSR count). The van der Waals surface area contributed by atoms with Crippen molar-refractivity contribution in [2.75, 3.05) is 18.1 Å². The van der Waals surface area contributed by atoms with Crippen molar-refractivity contribution in [2.45, 2.75) is 31.1 Å². The maximum Gasteiger partial charge on any atom is 0.141 e. The fourth-order valence-electron chi connectivity index (χ4n) is 2.44. The maximum atomic E-state index is 5.99. The molecule has 1 aromatic carbocycles. The van der Waals surface area contributed by atoms with E-state index in [1.807, 2.05) is 36.0 Å². The molecule has 20 heavy (non-hydrogen) atoms. The summed E-state index contributed by atoms with van der Waals surface area (Å²) in [6, 6.07) is 7.86. The number of fused-ring (bicyclic) bond motifs is 1. The first-order valence-corrected chi connectivity index (χ1v) is 8.19. The van der Waals surface area contributed by atoms with Crippen LogP contribution >= 0.6 is 11.8 Å². The number of ether oxygens (including phenoxy) is 1. The summed E-state index contributed by atoms with van der Waals surface area (Å²) in [7, 11) is 0. The van der Waals surface area contributed by atoms with Crippen molar-refractivity contribution in [3.05, 3.63) is 30.1 Å². The number of thioether (sulfide) groups is 1. The molecule has 1 aliphatic rings. The van der Waals surface area contributed by atoms with Crippen LogP contribution in [0.25, 0.3) is 10.9 Å². The number of para-hydroxylation sites is 1. The summed E-state index contributed by atoms with van der Waals surface area (Å²) in [4.78, 5) is 8.95. The molecule has 0 bridgehead atoms. The minimum atomic E-state index is 0.395. The first-order valence-electron chi connectivity index (χ1n) is 7.03. The largest absolute Gasteiger partial charge is 0.383 e. The van der Waals surface area contributed by atoms with Gasteiger partial charge in [-0.05, 0) is 31.4 Å². The van der Waals surface area contributed by atoms with Gasteiger partial charge in [-0.15, -0.1) is 0 Å². The van der Waals surface area contributed by atoms with Crippen LogP contribution in [0.1, 0.15) is 25.1 Å². The van der Waals surface area contributed by atoms with Crippen molar-refractivity contribution in [3.63, 3.8) is 0 Å². The van der Waals surface area contributed by atoms with Gasteiger partial charge in [-0.3, -0.25) is 0 Å². The molecule has 1 fully saturated rings. The van der Waals surface area contributed by atoms with Gasteiger partial charge in [0.2, 0.25) is 0 Å². The average molecular weight is 289 g/mol. The van der Waals surface area contributed by atoms with Gasteiger partial charge in [-0.1, -0.05) is 12.1 Å². The molecule has 0 amide bonds. The van der Waals surface area contributed by atoms with Gasteiger partial charge in [0.1, 0.15) is 11.6 Å². The zero-order valence-electron chi connectivity index (χ0n) is 11.4. The van der Waals surface area contributed by atoms with Gasteiger partial charge in [-0.2, -0.15) is 11.8 Å². The summed E-state index contributed by atoms with van der Waals surface area (Å²) in [5, 5.41) is 0.928. The number of nitrogens with zero attached hydrogens (tertiary/aromatic N) is 2. The van der Waals surface area contributed by atoms with Gasteiger partial charge in [0, 0.05) is 17.7 Å². The van der Waals surface area contributed by atoms with Crippen LogP contribution in [0, 0.1) is 0 Å². The van der Waals surface area contributed by atoms with Gasteiger partial charge in [0.05, 0.1) is 17.4 Å². The van der Waals surface area contributed by atoms with Crippen LogP contribution in [0.15, 0.2) is 24.3 Å². The van der Waals surface area contributed by atoms with Gasteiger partial charge in [-0.25, -0.2) is 9.97 Å². The predicted octanol–water partition coefficient (Wildman–Crippen LogP) is 3.01. The molecule has 0 saturated carbocycles. The Labute approximate surface area is 123 Å². The summed E-state index contributed by atoms with van der Waals surface area (Å²) >= 11 is 1.82. The van der Waals surface area contributed by atoms with E-state index in [1.165, 1.54) is 19.3 Å². The van der Waals surface area contributed by atoms with Crippen molar-refractivity contribution in [3.8, 4) is 0 Å². The van der Waals surface area contributed by atoms with Crippen LogP contribution in [-0.4, -0.2) is 28.4 Å². The second-order valence-electron chi connectivity index (χ2n) is 5.05. The number of aromatic nitrogens is 2. The van der Waals surface area contributed by atoms with Crippen molar-refractivity contribution < 1.29 is 4.74 Å². The van der Waals surface area contributed by atoms with Gasteiger partial charge in [0.15, 0.2) is 0 Å². The molecular formula is C15H19N3OS. The van der Waals surface area contributed by atoms with Crippen LogP contribution in [-0.2, 0) is 10.5 Å². The molecule has 1 aliphatic heterocycles. The lowest BCUT2D eigenvalue weighted by molar-refractivity contribution is 0.0315. The minimum Gasteiger partial charge on any atom is -0.383 e. The van der Waals surface area contributed by atoms with Gasteiger partial charge < -0.3 is 10.5 Å². The van der Waals surface area contributed by atoms with Crippen LogP contribution in [0.5, 0.6) is 0 Å². The first-order chi connectivity index (χ1) is 9.83. The number of hydrogen-bond donors (Lipinski definition) is 1. The number of nitrogen functional groups attached to an aromatic ring is 1. The number of benzene rings is 1. The Morgan fingerprint density at radius 2 is 2.15 bits per heavy atom. The summed E-state index contributed by atoms with van der Waals surface area (Å²) in [6.45, 7) is 0.907. The molecule has 0 spiro atoms. The Morgan fingerprint density at radius 3 is 3.00 bits per heavy atom. The molecule has 4 nitrogen and oxygen atoms in total. The molecular weight excluding hydrogens is 270 g/mol. The first kappa shape index (κ1) is 13.6. The number of anilines is 1. The zero-order chi connectivity index (χ0) is 13.8. The monoisotopic (exact) mass is 289 g/mol. The third kappa shape index (κ3) is 3.22. The third-order valence-corrected chi connectivity index (χ3v) is 4.56. The molecule has 0 unspecified atom stereocenters. The van der Waals surface area contributed by atoms with E-state index in [9.17, 15) is 0 Å². The van der Waals surface area contributed by atoms with E-state index in [-0.39, 0.29) is 0 Å². The molecule has 5 heteroatoms. The predicted molar refractivity (Wildman–Crippen MR) is 83.7 cm³/mol. The van der Waals surface area contributed by atoms with E-state index in [0.717, 1.165) is 34.8 Å². The lowest BCUT2D eigenvalue weighted by Gasteiger charge is -2.21. The third-order valence-electron chi connectivity index (χ3n) is 3.49. The Morgan fingerprint density at radius 1 is 1.25 bits per heavy atom. The molecule has 0 aliphatic carbocycles. The highest BCUT2D eigenvalue weighted by atomic mass is 32.2. The van der Waals surface area contributed by atoms with Crippen LogP contribution < -0.4 is 5.73 Å². The van der Waals surface area contributed by atoms with E-state index in [1.54, 1.807) is 0 Å². The van der Waals surface area contributed by atoms with E-state index in [2.05, 4.69) is 9.97 Å². The topological polar surface area (TPSA) is 61.0 Å². The van der Waals surface area contributed by atoms with Crippen molar-refractivity contribution in [2.24, 2.45) is 0 Å². The molecule has 1 aromatic heterocycles. The maximum absolute atomic E-state index is 5.99. The zero-order valence-corrected chi connectivity index (χ0v) is 12.2. The summed E-state index contributed by atoms with van der Waals surface area (Å²) < 4.78 is 5.72. The van der Waals surface area contributed by atoms with Gasteiger partial charge >= 0.3 is 0 Å². The second kappa shape index (κ2) is 6.41. The van der Waals surface area contributed by atoms with Crippen molar-refractivity contribution in [1.29, 1.82) is 0 Å². The quantitative estimate of drug-likeness (QED) is 0.937. The van der Waals surface area contributed by atoms with Crippen LogP contribution in [0.2, 0.25) is 0 Å². The molecule has 106 valence electrons. The minimum absolute atomic E-state index is 0.395. The standard InChI is InChI=1S/C15H19N3OS/c16-15-12-6-1-2-7-13(12)17-14(18-15)10-20-9-11-5-3-4-8-19-11/h1-2,6-7,11H,3-5,8-10H2,(H2,16,17,18)/t11-/m1/s1. The second-order valence-corrected chi connectivity index (χ2v) is 6.08. The summed E-state index contributed by atoms with van der Waals surface area (Å²) in [6.07, 6.45) is 4.05. The number of rotatable bonds is 4. The van der Waals surface area contributed by atoms with E-state index in [4.69, 9.17) is 10.5 Å². The number of nitrogens with two attached hydrogens (primary N) is 1. The number of hydrogen-bond acceptors (Lipinski definition) is 5. The normalized spacial score (nSPS) is 19.3. The van der Waals surface area contributed by atoms with Crippen molar-refractivity contribution in [1.82, 2.24) is 9.97 Å². The lowest BCUT2D eigenvalue weighted by atomic mass is 10.1. The fraction of sp³-hybridized carbons (Fsp3) is 0.467. The van der Waals surface area contributed by atoms with E-state index in [0.29, 0.717) is 11.9 Å². The highest BCUT2D eigenvalue weighted by Crippen LogP contribution is 2.22.